The van der Waals surface area contributed by atoms with E-state index in [1.165, 1.54) is 5.56 Å². The van der Waals surface area contributed by atoms with Crippen LogP contribution in [0.3, 0.4) is 0 Å². The van der Waals surface area contributed by atoms with E-state index in [-0.39, 0.29) is 42.8 Å². The van der Waals surface area contributed by atoms with Crippen LogP contribution in [0.1, 0.15) is 54.9 Å². The number of hydrogen-bond donors (Lipinski definition) is 1. The van der Waals surface area contributed by atoms with Crippen LogP contribution in [0.4, 0.5) is 0 Å². The van der Waals surface area contributed by atoms with E-state index in [2.05, 4.69) is 17.3 Å². The van der Waals surface area contributed by atoms with Gasteiger partial charge in [0.25, 0.3) is 5.91 Å². The zero-order valence-electron chi connectivity index (χ0n) is 20.7. The van der Waals surface area contributed by atoms with Crippen molar-refractivity contribution in [3.05, 3.63) is 35.4 Å². The number of benzene rings is 1. The molecule has 3 fully saturated rings. The number of Topliss-reactive ketones (excluding diaryl/α,β-unsaturated/α-hetero) is 1. The number of amides is 2. The second-order valence-corrected chi connectivity index (χ2v) is 9.99. The van der Waals surface area contributed by atoms with Gasteiger partial charge in [-0.2, -0.15) is 0 Å². The minimum Gasteiger partial charge on any atom is -0.377 e. The molecule has 0 bridgehead atoms. The number of nitrogens with zero attached hydrogens (tertiary/aromatic N) is 2. The average molecular weight is 472 g/mol. The standard InChI is InChI=1S/C26H37N3O5/c1-5-16(2)22(26(32)29-14-21(33-4)24-23(29)20(30)15-34-24)27-25(31)19-8-6-17(7-9-19)18-10-12-28(3)13-11-18/h6-9,16,18,21-24H,5,10-15H2,1-4H3,(H,27,31)/t16?,21-,22+,23-,24-/m1/s1. The minimum absolute atomic E-state index is 0.0110. The van der Waals surface area contributed by atoms with Gasteiger partial charge in [-0.3, -0.25) is 14.4 Å². The molecule has 8 nitrogen and oxygen atoms in total. The Balaban J connectivity index is 1.46. The average Bonchev–Trinajstić information content (AvgIpc) is 3.42. The first kappa shape index (κ1) is 24.8. The van der Waals surface area contributed by atoms with Gasteiger partial charge in [-0.1, -0.05) is 32.4 Å². The molecule has 1 N–H and O–H groups in total. The molecule has 3 saturated heterocycles. The molecule has 0 aliphatic carbocycles. The molecule has 0 radical (unpaired) electrons. The van der Waals surface area contributed by atoms with Gasteiger partial charge in [-0.05, 0) is 62.5 Å². The number of hydrogen-bond acceptors (Lipinski definition) is 6. The summed E-state index contributed by atoms with van der Waals surface area (Å²) < 4.78 is 11.1. The zero-order valence-corrected chi connectivity index (χ0v) is 20.7. The summed E-state index contributed by atoms with van der Waals surface area (Å²) in [7, 11) is 3.71. The number of nitrogens with one attached hydrogen (secondary N) is 1. The molecule has 3 aliphatic heterocycles. The fourth-order valence-electron chi connectivity index (χ4n) is 5.38. The van der Waals surface area contributed by atoms with Crippen molar-refractivity contribution in [2.45, 2.75) is 63.3 Å². The molecule has 3 aliphatic rings. The van der Waals surface area contributed by atoms with Gasteiger partial charge >= 0.3 is 0 Å². The Morgan fingerprint density at radius 1 is 1.21 bits per heavy atom. The predicted molar refractivity (Wildman–Crippen MR) is 128 cm³/mol. The first-order valence-corrected chi connectivity index (χ1v) is 12.4. The quantitative estimate of drug-likeness (QED) is 0.653. The van der Waals surface area contributed by atoms with Crippen LogP contribution in [-0.4, -0.2) is 92.1 Å². The highest BCUT2D eigenvalue weighted by atomic mass is 16.5. The molecule has 1 aromatic carbocycles. The van der Waals surface area contributed by atoms with Crippen LogP contribution >= 0.6 is 0 Å². The summed E-state index contributed by atoms with van der Waals surface area (Å²) in [6.45, 7) is 6.37. The molecule has 3 heterocycles. The second kappa shape index (κ2) is 10.5. The minimum atomic E-state index is -0.726. The van der Waals surface area contributed by atoms with Gasteiger partial charge in [0.2, 0.25) is 5.91 Å². The third-order valence-electron chi connectivity index (χ3n) is 7.85. The first-order valence-electron chi connectivity index (χ1n) is 12.4. The van der Waals surface area contributed by atoms with Gasteiger partial charge in [0.1, 0.15) is 30.9 Å². The van der Waals surface area contributed by atoms with Gasteiger partial charge in [0.15, 0.2) is 5.78 Å². The lowest BCUT2D eigenvalue weighted by Gasteiger charge is -2.30. The fourth-order valence-corrected chi connectivity index (χ4v) is 5.38. The number of carbonyl (C=O) groups is 3. The van der Waals surface area contributed by atoms with Crippen LogP contribution < -0.4 is 5.32 Å². The molecule has 1 aromatic rings. The number of piperidine rings is 1. The van der Waals surface area contributed by atoms with E-state index in [0.717, 1.165) is 25.9 Å². The molecule has 4 rings (SSSR count). The fraction of sp³-hybridized carbons (Fsp3) is 0.654. The Kier molecular flexibility index (Phi) is 7.70. The molecule has 34 heavy (non-hydrogen) atoms. The highest BCUT2D eigenvalue weighted by Crippen LogP contribution is 2.31. The van der Waals surface area contributed by atoms with Crippen molar-refractivity contribution in [1.82, 2.24) is 15.1 Å². The van der Waals surface area contributed by atoms with E-state index < -0.39 is 18.2 Å². The summed E-state index contributed by atoms with van der Waals surface area (Å²) in [5, 5.41) is 2.96. The van der Waals surface area contributed by atoms with Crippen molar-refractivity contribution >= 4 is 17.6 Å². The molecule has 0 saturated carbocycles. The molecular formula is C26H37N3O5. The highest BCUT2D eigenvalue weighted by molar-refractivity contribution is 5.99. The molecule has 5 atom stereocenters. The maximum atomic E-state index is 13.6. The summed E-state index contributed by atoms with van der Waals surface area (Å²) in [6, 6.07) is 6.40. The third-order valence-corrected chi connectivity index (χ3v) is 7.85. The van der Waals surface area contributed by atoms with E-state index in [4.69, 9.17) is 9.47 Å². The molecule has 0 spiro atoms. The van der Waals surface area contributed by atoms with Crippen molar-refractivity contribution < 1.29 is 23.9 Å². The monoisotopic (exact) mass is 471 g/mol. The summed E-state index contributed by atoms with van der Waals surface area (Å²) in [5.41, 5.74) is 1.79. The molecular weight excluding hydrogens is 434 g/mol. The van der Waals surface area contributed by atoms with E-state index in [0.29, 0.717) is 17.9 Å². The number of methoxy groups -OCH3 is 1. The second-order valence-electron chi connectivity index (χ2n) is 9.99. The summed E-state index contributed by atoms with van der Waals surface area (Å²) >= 11 is 0. The van der Waals surface area contributed by atoms with Crippen molar-refractivity contribution in [1.29, 1.82) is 0 Å². The van der Waals surface area contributed by atoms with Gasteiger partial charge < -0.3 is 24.6 Å². The number of likely N-dealkylation sites (tertiary alicyclic amines) is 2. The molecule has 2 amide bonds. The maximum Gasteiger partial charge on any atom is 0.251 e. The van der Waals surface area contributed by atoms with E-state index in [1.54, 1.807) is 12.0 Å². The van der Waals surface area contributed by atoms with Crippen LogP contribution in [0.5, 0.6) is 0 Å². The molecule has 186 valence electrons. The zero-order chi connectivity index (χ0) is 24.4. The SMILES string of the molecule is CCC(C)[C@H](NC(=O)c1ccc(C2CCN(C)CC2)cc1)C(=O)N1C[C@@H](OC)[C@H]2OCC(=O)[C@H]21. The van der Waals surface area contributed by atoms with Crippen LogP contribution in [0.15, 0.2) is 24.3 Å². The molecule has 8 heteroatoms. The lowest BCUT2D eigenvalue weighted by atomic mass is 9.89. The lowest BCUT2D eigenvalue weighted by molar-refractivity contribution is -0.139. The van der Waals surface area contributed by atoms with E-state index in [9.17, 15) is 14.4 Å². The topological polar surface area (TPSA) is 88.2 Å². The lowest BCUT2D eigenvalue weighted by Crippen LogP contribution is -2.54. The van der Waals surface area contributed by atoms with E-state index in [1.807, 2.05) is 38.1 Å². The number of rotatable bonds is 7. The van der Waals surface area contributed by atoms with Crippen molar-refractivity contribution in [3.63, 3.8) is 0 Å². The number of fused-ring (bicyclic) bond motifs is 1. The number of ketones is 1. The van der Waals surface area contributed by atoms with Crippen molar-refractivity contribution in [3.8, 4) is 0 Å². The van der Waals surface area contributed by atoms with Crippen LogP contribution in [0.2, 0.25) is 0 Å². The predicted octanol–water partition coefficient (Wildman–Crippen LogP) is 1.83. The Bertz CT molecular complexity index is 896. The highest BCUT2D eigenvalue weighted by Gasteiger charge is 2.53. The number of ether oxygens (including phenoxy) is 2. The number of carbonyl (C=O) groups excluding carboxylic acids is 3. The largest absolute Gasteiger partial charge is 0.377 e. The Morgan fingerprint density at radius 3 is 2.50 bits per heavy atom. The maximum absolute atomic E-state index is 13.6. The van der Waals surface area contributed by atoms with Crippen LogP contribution in [0, 0.1) is 5.92 Å². The van der Waals surface area contributed by atoms with Crippen LogP contribution in [-0.2, 0) is 19.1 Å². The van der Waals surface area contributed by atoms with Gasteiger partial charge in [0.05, 0.1) is 6.54 Å². The van der Waals surface area contributed by atoms with Gasteiger partial charge in [0, 0.05) is 12.7 Å². The normalized spacial score (nSPS) is 27.5. The van der Waals surface area contributed by atoms with E-state index >= 15 is 0 Å². The van der Waals surface area contributed by atoms with Crippen molar-refractivity contribution in [2.24, 2.45) is 5.92 Å². The summed E-state index contributed by atoms with van der Waals surface area (Å²) in [4.78, 5) is 43.1. The smallest absolute Gasteiger partial charge is 0.251 e. The first-order chi connectivity index (χ1) is 16.3. The van der Waals surface area contributed by atoms with Gasteiger partial charge in [-0.15, -0.1) is 0 Å². The Hall–Kier alpha value is -2.29. The van der Waals surface area contributed by atoms with Gasteiger partial charge in [-0.25, -0.2) is 0 Å². The van der Waals surface area contributed by atoms with Crippen LogP contribution in [0.25, 0.3) is 0 Å². The Morgan fingerprint density at radius 2 is 1.88 bits per heavy atom. The van der Waals surface area contributed by atoms with Crippen molar-refractivity contribution in [2.75, 3.05) is 40.4 Å². The third kappa shape index (κ3) is 4.90. The summed E-state index contributed by atoms with van der Waals surface area (Å²) in [5.74, 6) is -0.213. The molecule has 0 aromatic heterocycles. The molecule has 1 unspecified atom stereocenters. The summed E-state index contributed by atoms with van der Waals surface area (Å²) in [6.07, 6.45) is 2.17. The Labute approximate surface area is 201 Å².